The SMILES string of the molecule is COC(=O)NCC(=O)N1CCCC1c1cccc(OC)c1. The van der Waals surface area contributed by atoms with Gasteiger partial charge in [0.05, 0.1) is 20.3 Å². The van der Waals surface area contributed by atoms with Gasteiger partial charge in [0.15, 0.2) is 0 Å². The van der Waals surface area contributed by atoms with E-state index >= 15 is 0 Å². The van der Waals surface area contributed by atoms with Crippen LogP contribution in [-0.4, -0.2) is 44.2 Å². The van der Waals surface area contributed by atoms with Crippen LogP contribution in [0.1, 0.15) is 24.4 Å². The van der Waals surface area contributed by atoms with E-state index in [0.29, 0.717) is 6.54 Å². The Labute approximate surface area is 124 Å². The van der Waals surface area contributed by atoms with Crippen molar-refractivity contribution in [2.75, 3.05) is 27.3 Å². The maximum absolute atomic E-state index is 12.2. The van der Waals surface area contributed by atoms with E-state index in [1.165, 1.54) is 7.11 Å². The molecule has 0 spiro atoms. The highest BCUT2D eigenvalue weighted by Crippen LogP contribution is 2.33. The molecule has 1 aromatic rings. The maximum atomic E-state index is 12.2. The van der Waals surface area contributed by atoms with Gasteiger partial charge < -0.3 is 19.7 Å². The van der Waals surface area contributed by atoms with Crippen LogP contribution >= 0.6 is 0 Å². The number of carbonyl (C=O) groups is 2. The highest BCUT2D eigenvalue weighted by molar-refractivity contribution is 5.82. The first-order valence-corrected chi connectivity index (χ1v) is 6.91. The molecule has 1 N–H and O–H groups in total. The number of ether oxygens (including phenoxy) is 2. The Morgan fingerprint density at radius 2 is 2.19 bits per heavy atom. The van der Waals surface area contributed by atoms with Crippen LogP contribution in [0, 0.1) is 0 Å². The van der Waals surface area contributed by atoms with Gasteiger partial charge in [-0.15, -0.1) is 0 Å². The second kappa shape index (κ2) is 6.97. The van der Waals surface area contributed by atoms with E-state index in [2.05, 4.69) is 10.1 Å². The Bertz CT molecular complexity index is 518. The summed E-state index contributed by atoms with van der Waals surface area (Å²) in [5, 5.41) is 2.43. The van der Waals surface area contributed by atoms with E-state index in [1.807, 2.05) is 24.3 Å². The predicted octanol–water partition coefficient (Wildman–Crippen LogP) is 1.71. The second-order valence-electron chi connectivity index (χ2n) is 4.87. The van der Waals surface area contributed by atoms with Gasteiger partial charge in [-0.3, -0.25) is 4.79 Å². The van der Waals surface area contributed by atoms with Crippen molar-refractivity contribution < 1.29 is 19.1 Å². The first-order chi connectivity index (χ1) is 10.2. The van der Waals surface area contributed by atoms with E-state index < -0.39 is 6.09 Å². The van der Waals surface area contributed by atoms with Crippen molar-refractivity contribution in [1.29, 1.82) is 0 Å². The molecule has 1 saturated heterocycles. The Morgan fingerprint density at radius 1 is 1.38 bits per heavy atom. The van der Waals surface area contributed by atoms with Crippen LogP contribution in [0.4, 0.5) is 4.79 Å². The zero-order valence-electron chi connectivity index (χ0n) is 12.3. The fourth-order valence-corrected chi connectivity index (χ4v) is 2.58. The van der Waals surface area contributed by atoms with Gasteiger partial charge in [0.2, 0.25) is 5.91 Å². The summed E-state index contributed by atoms with van der Waals surface area (Å²) in [6, 6.07) is 7.77. The number of benzene rings is 1. The Balaban J connectivity index is 2.05. The average Bonchev–Trinajstić information content (AvgIpc) is 3.01. The third kappa shape index (κ3) is 3.65. The van der Waals surface area contributed by atoms with Crippen molar-refractivity contribution in [2.45, 2.75) is 18.9 Å². The zero-order valence-corrected chi connectivity index (χ0v) is 12.3. The van der Waals surface area contributed by atoms with Crippen molar-refractivity contribution in [3.8, 4) is 5.75 Å². The molecule has 1 fully saturated rings. The molecule has 0 saturated carbocycles. The molecule has 1 heterocycles. The third-order valence-corrected chi connectivity index (χ3v) is 3.62. The number of nitrogens with one attached hydrogen (secondary N) is 1. The van der Waals surface area contributed by atoms with Crippen molar-refractivity contribution >= 4 is 12.0 Å². The van der Waals surface area contributed by atoms with Crippen LogP contribution in [0.15, 0.2) is 24.3 Å². The van der Waals surface area contributed by atoms with Crippen LogP contribution < -0.4 is 10.1 Å². The molecule has 1 unspecified atom stereocenters. The summed E-state index contributed by atoms with van der Waals surface area (Å²) < 4.78 is 9.69. The lowest BCUT2D eigenvalue weighted by molar-refractivity contribution is -0.131. The molecule has 1 aromatic carbocycles. The van der Waals surface area contributed by atoms with Gasteiger partial charge in [-0.1, -0.05) is 12.1 Å². The van der Waals surface area contributed by atoms with E-state index in [0.717, 1.165) is 24.2 Å². The minimum Gasteiger partial charge on any atom is -0.497 e. The summed E-state index contributed by atoms with van der Waals surface area (Å²) in [6.07, 6.45) is 1.27. The Morgan fingerprint density at radius 3 is 2.90 bits per heavy atom. The highest BCUT2D eigenvalue weighted by Gasteiger charge is 2.30. The molecule has 0 aromatic heterocycles. The molecular weight excluding hydrogens is 272 g/mol. The standard InChI is InChI=1S/C15H20N2O4/c1-20-12-6-3-5-11(9-12)13-7-4-8-17(13)14(18)10-16-15(19)21-2/h3,5-6,9,13H,4,7-8,10H2,1-2H3,(H,16,19). The summed E-state index contributed by atoms with van der Waals surface area (Å²) in [4.78, 5) is 25.1. The van der Waals surface area contributed by atoms with Gasteiger partial charge in [0, 0.05) is 6.54 Å². The lowest BCUT2D eigenvalue weighted by Gasteiger charge is -2.25. The minimum atomic E-state index is -0.597. The normalized spacial score (nSPS) is 17.4. The zero-order chi connectivity index (χ0) is 15.2. The van der Waals surface area contributed by atoms with Gasteiger partial charge in [-0.05, 0) is 30.5 Å². The molecule has 1 aliphatic heterocycles. The molecule has 2 amide bonds. The largest absolute Gasteiger partial charge is 0.497 e. The monoisotopic (exact) mass is 292 g/mol. The van der Waals surface area contributed by atoms with Crippen molar-refractivity contribution in [3.63, 3.8) is 0 Å². The van der Waals surface area contributed by atoms with Gasteiger partial charge in [-0.25, -0.2) is 4.79 Å². The summed E-state index contributed by atoms with van der Waals surface area (Å²) >= 11 is 0. The molecule has 1 atom stereocenters. The molecule has 21 heavy (non-hydrogen) atoms. The van der Waals surface area contributed by atoms with Gasteiger partial charge in [0.25, 0.3) is 0 Å². The number of hydrogen-bond donors (Lipinski definition) is 1. The molecule has 6 heteroatoms. The summed E-state index contributed by atoms with van der Waals surface area (Å²) in [5.74, 6) is 0.671. The topological polar surface area (TPSA) is 67.9 Å². The molecule has 114 valence electrons. The second-order valence-corrected chi connectivity index (χ2v) is 4.87. The molecule has 0 bridgehead atoms. The van der Waals surface area contributed by atoms with E-state index in [4.69, 9.17) is 4.74 Å². The Kier molecular flexibility index (Phi) is 5.03. The average molecular weight is 292 g/mol. The minimum absolute atomic E-state index is 0.0343. The van der Waals surface area contributed by atoms with Crippen LogP contribution in [0.2, 0.25) is 0 Å². The van der Waals surface area contributed by atoms with E-state index in [9.17, 15) is 9.59 Å². The smallest absolute Gasteiger partial charge is 0.407 e. The van der Waals surface area contributed by atoms with Crippen LogP contribution in [-0.2, 0) is 9.53 Å². The van der Waals surface area contributed by atoms with Gasteiger partial charge in [0.1, 0.15) is 12.3 Å². The molecular formula is C15H20N2O4. The predicted molar refractivity (Wildman–Crippen MR) is 77.1 cm³/mol. The maximum Gasteiger partial charge on any atom is 0.407 e. The summed E-state index contributed by atoms with van der Waals surface area (Å²) in [6.45, 7) is 0.650. The van der Waals surface area contributed by atoms with Crippen LogP contribution in [0.5, 0.6) is 5.75 Å². The fraction of sp³-hybridized carbons (Fsp3) is 0.467. The Hall–Kier alpha value is -2.24. The number of amides is 2. The summed E-state index contributed by atoms with van der Waals surface area (Å²) in [7, 11) is 2.89. The van der Waals surface area contributed by atoms with Gasteiger partial charge >= 0.3 is 6.09 Å². The molecule has 1 aliphatic rings. The number of carbonyl (C=O) groups excluding carboxylic acids is 2. The first-order valence-electron chi connectivity index (χ1n) is 6.91. The molecule has 2 rings (SSSR count). The quantitative estimate of drug-likeness (QED) is 0.917. The number of likely N-dealkylation sites (tertiary alicyclic amines) is 1. The number of rotatable bonds is 4. The number of methoxy groups -OCH3 is 2. The lowest BCUT2D eigenvalue weighted by Crippen LogP contribution is -2.39. The van der Waals surface area contributed by atoms with Crippen LogP contribution in [0.3, 0.4) is 0 Å². The lowest BCUT2D eigenvalue weighted by atomic mass is 10.0. The highest BCUT2D eigenvalue weighted by atomic mass is 16.5. The van der Waals surface area contributed by atoms with E-state index in [1.54, 1.807) is 12.0 Å². The molecule has 0 aliphatic carbocycles. The third-order valence-electron chi connectivity index (χ3n) is 3.62. The molecule has 6 nitrogen and oxygen atoms in total. The number of hydrogen-bond acceptors (Lipinski definition) is 4. The van der Waals surface area contributed by atoms with Gasteiger partial charge in [-0.2, -0.15) is 0 Å². The summed E-state index contributed by atoms with van der Waals surface area (Å²) in [5.41, 5.74) is 1.05. The number of alkyl carbamates (subject to hydrolysis) is 1. The van der Waals surface area contributed by atoms with Crippen LogP contribution in [0.25, 0.3) is 0 Å². The number of nitrogens with zero attached hydrogens (tertiary/aromatic N) is 1. The van der Waals surface area contributed by atoms with E-state index in [-0.39, 0.29) is 18.5 Å². The van der Waals surface area contributed by atoms with Crippen molar-refractivity contribution in [1.82, 2.24) is 10.2 Å². The van der Waals surface area contributed by atoms with Crippen molar-refractivity contribution in [2.24, 2.45) is 0 Å². The fourth-order valence-electron chi connectivity index (χ4n) is 2.58. The van der Waals surface area contributed by atoms with Crippen molar-refractivity contribution in [3.05, 3.63) is 29.8 Å². The molecule has 0 radical (unpaired) electrons. The first kappa shape index (κ1) is 15.2.